The van der Waals surface area contributed by atoms with E-state index < -0.39 is 0 Å². The van der Waals surface area contributed by atoms with Gasteiger partial charge in [0.15, 0.2) is 0 Å². The lowest BCUT2D eigenvalue weighted by Gasteiger charge is -2.26. The summed E-state index contributed by atoms with van der Waals surface area (Å²) >= 11 is 0. The van der Waals surface area contributed by atoms with E-state index in [1.54, 1.807) is 43.4 Å². The molecule has 1 fully saturated rings. The fourth-order valence-corrected chi connectivity index (χ4v) is 3.58. The van der Waals surface area contributed by atoms with Gasteiger partial charge < -0.3 is 25.0 Å². The van der Waals surface area contributed by atoms with E-state index in [0.29, 0.717) is 29.3 Å². The summed E-state index contributed by atoms with van der Waals surface area (Å²) in [5.74, 6) is 3.59. The van der Waals surface area contributed by atoms with Crippen LogP contribution in [0.1, 0.15) is 30.0 Å². The zero-order valence-corrected chi connectivity index (χ0v) is 17.1. The van der Waals surface area contributed by atoms with Crippen LogP contribution in [-0.2, 0) is 4.79 Å². The van der Waals surface area contributed by atoms with E-state index in [0.717, 1.165) is 18.4 Å². The first-order valence-electron chi connectivity index (χ1n) is 9.68. The second kappa shape index (κ2) is 9.70. The zero-order valence-electron chi connectivity index (χ0n) is 17.1. The number of methoxy groups -OCH3 is 2. The van der Waals surface area contributed by atoms with Crippen LogP contribution in [0.2, 0.25) is 0 Å². The molecule has 0 spiro atoms. The van der Waals surface area contributed by atoms with Crippen LogP contribution < -0.4 is 20.1 Å². The van der Waals surface area contributed by atoms with Crippen molar-refractivity contribution in [2.45, 2.75) is 18.9 Å². The Morgan fingerprint density at radius 2 is 2.03 bits per heavy atom. The summed E-state index contributed by atoms with van der Waals surface area (Å²) in [5, 5.41) is 5.44. The molecule has 1 saturated heterocycles. The lowest BCUT2D eigenvalue weighted by molar-refractivity contribution is -0.115. The summed E-state index contributed by atoms with van der Waals surface area (Å²) in [6.45, 7) is 0.459. The lowest BCUT2D eigenvalue weighted by atomic mass is 10.0. The molecule has 0 radical (unpaired) electrons. The Labute approximate surface area is 176 Å². The highest BCUT2D eigenvalue weighted by Crippen LogP contribution is 2.38. The molecular formula is C23H25N3O4. The average molecular weight is 407 g/mol. The minimum Gasteiger partial charge on any atom is -0.497 e. The lowest BCUT2D eigenvalue weighted by Crippen LogP contribution is -2.42. The molecular weight excluding hydrogens is 382 g/mol. The molecule has 0 saturated carbocycles. The second-order valence-electron chi connectivity index (χ2n) is 6.89. The van der Waals surface area contributed by atoms with Crippen LogP contribution in [-0.4, -0.2) is 44.1 Å². The van der Waals surface area contributed by atoms with Gasteiger partial charge in [0.25, 0.3) is 0 Å². The van der Waals surface area contributed by atoms with Crippen molar-refractivity contribution in [3.8, 4) is 23.8 Å². The van der Waals surface area contributed by atoms with E-state index in [-0.39, 0.29) is 24.5 Å². The van der Waals surface area contributed by atoms with Gasteiger partial charge in [0.2, 0.25) is 5.91 Å². The van der Waals surface area contributed by atoms with Crippen molar-refractivity contribution in [3.63, 3.8) is 0 Å². The van der Waals surface area contributed by atoms with Gasteiger partial charge in [-0.25, -0.2) is 4.79 Å². The monoisotopic (exact) mass is 407 g/mol. The molecule has 2 aromatic rings. The molecule has 3 amide bonds. The number of terminal acetylenes is 1. The van der Waals surface area contributed by atoms with Crippen molar-refractivity contribution in [1.82, 2.24) is 10.2 Å². The van der Waals surface area contributed by atoms with Gasteiger partial charge in [0, 0.05) is 23.4 Å². The number of hydrogen-bond acceptors (Lipinski definition) is 4. The molecule has 0 aliphatic carbocycles. The van der Waals surface area contributed by atoms with Gasteiger partial charge in [-0.3, -0.25) is 4.79 Å². The molecule has 156 valence electrons. The molecule has 30 heavy (non-hydrogen) atoms. The van der Waals surface area contributed by atoms with Crippen molar-refractivity contribution in [3.05, 3.63) is 53.6 Å². The Balaban J connectivity index is 1.63. The Hall–Kier alpha value is -3.66. The van der Waals surface area contributed by atoms with Gasteiger partial charge in [0.1, 0.15) is 11.5 Å². The number of carbonyl (C=O) groups is 2. The number of amides is 3. The number of likely N-dealkylation sites (tertiary alicyclic amines) is 1. The highest BCUT2D eigenvalue weighted by molar-refractivity contribution is 5.94. The fraction of sp³-hybridized carbons (Fsp3) is 0.304. The number of ether oxygens (including phenoxy) is 2. The number of anilines is 1. The summed E-state index contributed by atoms with van der Waals surface area (Å²) in [4.78, 5) is 26.7. The summed E-state index contributed by atoms with van der Waals surface area (Å²) in [6, 6.07) is 12.1. The van der Waals surface area contributed by atoms with Gasteiger partial charge in [-0.1, -0.05) is 12.0 Å². The molecule has 3 rings (SSSR count). The van der Waals surface area contributed by atoms with Crippen LogP contribution >= 0.6 is 0 Å². The Morgan fingerprint density at radius 1 is 1.20 bits per heavy atom. The topological polar surface area (TPSA) is 79.9 Å². The predicted octanol–water partition coefficient (Wildman–Crippen LogP) is 3.17. The maximum Gasteiger partial charge on any atom is 0.318 e. The van der Waals surface area contributed by atoms with Crippen LogP contribution in [0, 0.1) is 12.3 Å². The molecule has 1 aliphatic rings. The summed E-state index contributed by atoms with van der Waals surface area (Å²) in [5.41, 5.74) is 2.15. The summed E-state index contributed by atoms with van der Waals surface area (Å²) in [6.07, 6.45) is 7.05. The van der Waals surface area contributed by atoms with Crippen molar-refractivity contribution in [2.75, 3.05) is 32.6 Å². The highest BCUT2D eigenvalue weighted by atomic mass is 16.5. The van der Waals surface area contributed by atoms with E-state index >= 15 is 0 Å². The molecule has 1 unspecified atom stereocenters. The Morgan fingerprint density at radius 3 is 2.77 bits per heavy atom. The number of carbonyl (C=O) groups excluding carboxylic acids is 2. The maximum atomic E-state index is 12.8. The first-order chi connectivity index (χ1) is 14.5. The molecule has 1 atom stereocenters. The van der Waals surface area contributed by atoms with Gasteiger partial charge in [-0.05, 0) is 49.2 Å². The van der Waals surface area contributed by atoms with Crippen LogP contribution in [0.15, 0.2) is 42.5 Å². The van der Waals surface area contributed by atoms with Crippen molar-refractivity contribution < 1.29 is 19.1 Å². The number of urea groups is 1. The third-order valence-corrected chi connectivity index (χ3v) is 5.02. The number of rotatable bonds is 6. The smallest absolute Gasteiger partial charge is 0.318 e. The number of nitrogens with zero attached hydrogens (tertiary/aromatic N) is 1. The maximum absolute atomic E-state index is 12.8. The molecule has 2 N–H and O–H groups in total. The van der Waals surface area contributed by atoms with Gasteiger partial charge in [-0.2, -0.15) is 0 Å². The van der Waals surface area contributed by atoms with E-state index in [1.807, 2.05) is 18.2 Å². The summed E-state index contributed by atoms with van der Waals surface area (Å²) in [7, 11) is 3.20. The van der Waals surface area contributed by atoms with Crippen LogP contribution in [0.3, 0.4) is 0 Å². The van der Waals surface area contributed by atoms with E-state index in [2.05, 4.69) is 16.6 Å². The SMILES string of the molecule is C#Cc1cccc(NC(=O)CNC(=O)N2CCCC2c2cc(OC)ccc2OC)c1. The highest BCUT2D eigenvalue weighted by Gasteiger charge is 2.32. The van der Waals surface area contributed by atoms with Gasteiger partial charge >= 0.3 is 6.03 Å². The van der Waals surface area contributed by atoms with Crippen LogP contribution in [0.4, 0.5) is 10.5 Å². The van der Waals surface area contributed by atoms with Crippen molar-refractivity contribution >= 4 is 17.6 Å². The van der Waals surface area contributed by atoms with E-state index in [4.69, 9.17) is 15.9 Å². The fourth-order valence-electron chi connectivity index (χ4n) is 3.58. The number of benzene rings is 2. The van der Waals surface area contributed by atoms with Gasteiger partial charge in [0.05, 0.1) is 26.8 Å². The minimum absolute atomic E-state index is 0.141. The largest absolute Gasteiger partial charge is 0.497 e. The van der Waals surface area contributed by atoms with E-state index in [9.17, 15) is 9.59 Å². The molecule has 1 aliphatic heterocycles. The Bertz CT molecular complexity index is 967. The number of nitrogens with one attached hydrogen (secondary N) is 2. The molecule has 2 aromatic carbocycles. The van der Waals surface area contributed by atoms with Crippen LogP contribution in [0.5, 0.6) is 11.5 Å². The zero-order chi connectivity index (χ0) is 21.5. The first kappa shape index (κ1) is 21.1. The summed E-state index contributed by atoms with van der Waals surface area (Å²) < 4.78 is 10.8. The molecule has 7 nitrogen and oxygen atoms in total. The quantitative estimate of drug-likeness (QED) is 0.721. The number of hydrogen-bond donors (Lipinski definition) is 2. The normalized spacial score (nSPS) is 15.2. The third kappa shape index (κ3) is 4.84. The third-order valence-electron chi connectivity index (χ3n) is 5.02. The predicted molar refractivity (Wildman–Crippen MR) is 115 cm³/mol. The molecule has 7 heteroatoms. The minimum atomic E-state index is -0.327. The second-order valence-corrected chi connectivity index (χ2v) is 6.89. The van der Waals surface area contributed by atoms with Crippen molar-refractivity contribution in [1.29, 1.82) is 0 Å². The van der Waals surface area contributed by atoms with Crippen LogP contribution in [0.25, 0.3) is 0 Å². The van der Waals surface area contributed by atoms with E-state index in [1.165, 1.54) is 0 Å². The van der Waals surface area contributed by atoms with Crippen molar-refractivity contribution in [2.24, 2.45) is 0 Å². The Kier molecular flexibility index (Phi) is 6.81. The molecule has 1 heterocycles. The van der Waals surface area contributed by atoms with Gasteiger partial charge in [-0.15, -0.1) is 6.42 Å². The molecule has 0 aromatic heterocycles. The standard InChI is InChI=1S/C23H25N3O4/c1-4-16-7-5-8-17(13-16)25-22(27)15-24-23(28)26-12-6-9-20(26)19-14-18(29-2)10-11-21(19)30-3/h1,5,7-8,10-11,13-14,20H,6,9,12,15H2,2-3H3,(H,24,28)(H,25,27). The first-order valence-corrected chi connectivity index (χ1v) is 9.68. The average Bonchev–Trinajstić information content (AvgIpc) is 3.27. The molecule has 0 bridgehead atoms.